The van der Waals surface area contributed by atoms with Crippen LogP contribution in [0.5, 0.6) is 0 Å². The average Bonchev–Trinajstić information content (AvgIpc) is 2.90. The second kappa shape index (κ2) is 5.42. The summed E-state index contributed by atoms with van der Waals surface area (Å²) in [6.45, 7) is 0. The first-order chi connectivity index (χ1) is 9.97. The van der Waals surface area contributed by atoms with E-state index in [2.05, 4.69) is 9.97 Å². The number of aromatic nitrogens is 2. The highest BCUT2D eigenvalue weighted by molar-refractivity contribution is 7.91. The second-order valence-electron chi connectivity index (χ2n) is 5.97. The summed E-state index contributed by atoms with van der Waals surface area (Å²) < 4.78 is 23.7. The maximum atomic E-state index is 11.8. The topological polar surface area (TPSA) is 88.8 Å². The first-order valence-electron chi connectivity index (χ1n) is 7.41. The molecular weight excluding hydrogens is 286 g/mol. The molecule has 0 bridgehead atoms. The lowest BCUT2D eigenvalue weighted by atomic mass is 9.84. The normalized spacial score (nSPS) is 19.0. The van der Waals surface area contributed by atoms with Gasteiger partial charge >= 0.3 is 0 Å². The molecule has 3 N–H and O–H groups in total. The number of benzene rings is 1. The third kappa shape index (κ3) is 2.82. The maximum absolute atomic E-state index is 11.8. The Morgan fingerprint density at radius 3 is 2.67 bits per heavy atom. The van der Waals surface area contributed by atoms with Gasteiger partial charge in [-0.25, -0.2) is 13.4 Å². The lowest BCUT2D eigenvalue weighted by Gasteiger charge is -2.26. The number of nitrogens with zero attached hydrogens (tertiary/aromatic N) is 1. The third-order valence-corrected chi connectivity index (χ3v) is 5.50. The minimum Gasteiger partial charge on any atom is -0.341 e. The highest BCUT2D eigenvalue weighted by Crippen LogP contribution is 2.33. The van der Waals surface area contributed by atoms with Crippen molar-refractivity contribution in [1.29, 1.82) is 0 Å². The Bertz CT molecular complexity index is 745. The Labute approximate surface area is 124 Å². The van der Waals surface area contributed by atoms with Crippen molar-refractivity contribution in [2.75, 3.05) is 6.26 Å². The van der Waals surface area contributed by atoms with Crippen LogP contribution < -0.4 is 5.73 Å². The first-order valence-corrected chi connectivity index (χ1v) is 9.30. The van der Waals surface area contributed by atoms with E-state index in [0.717, 1.165) is 18.4 Å². The van der Waals surface area contributed by atoms with Gasteiger partial charge < -0.3 is 10.7 Å². The van der Waals surface area contributed by atoms with Gasteiger partial charge in [-0.15, -0.1) is 0 Å². The van der Waals surface area contributed by atoms with Crippen LogP contribution in [-0.2, 0) is 9.84 Å². The summed E-state index contributed by atoms with van der Waals surface area (Å²) in [5.74, 6) is 1.13. The predicted octanol–water partition coefficient (Wildman–Crippen LogP) is 2.55. The zero-order valence-electron chi connectivity index (χ0n) is 12.2. The van der Waals surface area contributed by atoms with Crippen molar-refractivity contribution < 1.29 is 8.42 Å². The number of fused-ring (bicyclic) bond motifs is 1. The fourth-order valence-electron chi connectivity index (χ4n) is 3.20. The zero-order valence-corrected chi connectivity index (χ0v) is 13.0. The van der Waals surface area contributed by atoms with Crippen LogP contribution in [0.2, 0.25) is 0 Å². The molecule has 1 aromatic heterocycles. The van der Waals surface area contributed by atoms with Crippen LogP contribution in [-0.4, -0.2) is 24.6 Å². The molecule has 114 valence electrons. The van der Waals surface area contributed by atoms with Crippen LogP contribution >= 0.6 is 0 Å². The molecule has 1 unspecified atom stereocenters. The maximum Gasteiger partial charge on any atom is 0.177 e. The van der Waals surface area contributed by atoms with Crippen molar-refractivity contribution in [1.82, 2.24) is 9.97 Å². The minimum absolute atomic E-state index is 0.148. The Morgan fingerprint density at radius 2 is 2.00 bits per heavy atom. The summed E-state index contributed by atoms with van der Waals surface area (Å²) >= 11 is 0. The summed E-state index contributed by atoms with van der Waals surface area (Å²) in [5.41, 5.74) is 7.59. The molecule has 1 aromatic carbocycles. The number of hydrogen-bond donors (Lipinski definition) is 2. The summed E-state index contributed by atoms with van der Waals surface area (Å²) in [4.78, 5) is 7.96. The van der Waals surface area contributed by atoms with E-state index in [0.29, 0.717) is 17.3 Å². The van der Waals surface area contributed by atoms with Crippen LogP contribution in [0.1, 0.15) is 44.0 Å². The highest BCUT2D eigenvalue weighted by atomic mass is 32.2. The summed E-state index contributed by atoms with van der Waals surface area (Å²) in [6, 6.07) is 5.01. The molecule has 1 aliphatic carbocycles. The van der Waals surface area contributed by atoms with Gasteiger partial charge in [0, 0.05) is 6.26 Å². The van der Waals surface area contributed by atoms with Crippen LogP contribution in [0.15, 0.2) is 23.1 Å². The van der Waals surface area contributed by atoms with E-state index < -0.39 is 9.84 Å². The lowest BCUT2D eigenvalue weighted by molar-refractivity contribution is 0.302. The van der Waals surface area contributed by atoms with Crippen molar-refractivity contribution >= 4 is 20.9 Å². The molecule has 0 radical (unpaired) electrons. The largest absolute Gasteiger partial charge is 0.341 e. The molecule has 1 heterocycles. The minimum atomic E-state index is -3.29. The Balaban J connectivity index is 2.01. The van der Waals surface area contributed by atoms with Gasteiger partial charge in [-0.2, -0.15) is 0 Å². The number of sulfone groups is 1. The van der Waals surface area contributed by atoms with Crippen molar-refractivity contribution in [3.05, 3.63) is 24.0 Å². The summed E-state index contributed by atoms with van der Waals surface area (Å²) in [7, 11) is -3.29. The van der Waals surface area contributed by atoms with Crippen LogP contribution in [0.4, 0.5) is 0 Å². The van der Waals surface area contributed by atoms with Gasteiger partial charge in [0.15, 0.2) is 9.84 Å². The van der Waals surface area contributed by atoms with Crippen LogP contribution in [0.25, 0.3) is 11.0 Å². The number of nitrogens with two attached hydrogens (primary N) is 1. The summed E-state index contributed by atoms with van der Waals surface area (Å²) in [5, 5.41) is 0. The smallest absolute Gasteiger partial charge is 0.177 e. The van der Waals surface area contributed by atoms with Crippen molar-refractivity contribution in [2.24, 2.45) is 11.7 Å². The van der Waals surface area contributed by atoms with E-state index in [1.807, 2.05) is 6.07 Å². The third-order valence-electron chi connectivity index (χ3n) is 4.37. The van der Waals surface area contributed by atoms with Crippen LogP contribution in [0.3, 0.4) is 0 Å². The molecule has 1 fully saturated rings. The lowest BCUT2D eigenvalue weighted by Crippen LogP contribution is -2.24. The summed E-state index contributed by atoms with van der Waals surface area (Å²) in [6.07, 6.45) is 7.16. The van der Waals surface area contributed by atoms with Crippen molar-refractivity contribution in [3.63, 3.8) is 0 Å². The van der Waals surface area contributed by atoms with Gasteiger partial charge in [0.05, 0.1) is 16.5 Å². The Morgan fingerprint density at radius 1 is 1.29 bits per heavy atom. The second-order valence-corrected chi connectivity index (χ2v) is 7.95. The van der Waals surface area contributed by atoms with E-state index in [9.17, 15) is 8.42 Å². The predicted molar refractivity (Wildman–Crippen MR) is 82.7 cm³/mol. The fraction of sp³-hybridized carbons (Fsp3) is 0.533. The number of H-pyrrole nitrogens is 1. The number of imidazole rings is 1. The molecule has 6 heteroatoms. The molecule has 21 heavy (non-hydrogen) atoms. The molecule has 0 saturated heterocycles. The fourth-order valence-corrected chi connectivity index (χ4v) is 4.03. The molecule has 2 aromatic rings. The number of para-hydroxylation sites is 1. The molecular formula is C15H21N3O2S. The van der Waals surface area contributed by atoms with Crippen molar-refractivity contribution in [2.45, 2.75) is 43.0 Å². The highest BCUT2D eigenvalue weighted by Gasteiger charge is 2.25. The van der Waals surface area contributed by atoms with E-state index in [1.54, 1.807) is 12.1 Å². The molecule has 5 nitrogen and oxygen atoms in total. The first kappa shape index (κ1) is 14.5. The van der Waals surface area contributed by atoms with Gasteiger partial charge in [-0.1, -0.05) is 25.3 Å². The van der Waals surface area contributed by atoms with Crippen LogP contribution in [0, 0.1) is 5.92 Å². The molecule has 0 aliphatic heterocycles. The monoisotopic (exact) mass is 307 g/mol. The zero-order chi connectivity index (χ0) is 15.0. The molecule has 1 saturated carbocycles. The van der Waals surface area contributed by atoms with Gasteiger partial charge in [0.25, 0.3) is 0 Å². The Hall–Kier alpha value is -1.40. The van der Waals surface area contributed by atoms with E-state index >= 15 is 0 Å². The molecule has 0 spiro atoms. The van der Waals surface area contributed by atoms with E-state index in [4.69, 9.17) is 5.73 Å². The molecule has 3 rings (SSSR count). The average molecular weight is 307 g/mol. The van der Waals surface area contributed by atoms with E-state index in [-0.39, 0.29) is 10.9 Å². The van der Waals surface area contributed by atoms with Gasteiger partial charge in [-0.3, -0.25) is 0 Å². The number of rotatable bonds is 3. The molecule has 1 aliphatic rings. The molecule has 1 atom stereocenters. The number of hydrogen-bond acceptors (Lipinski definition) is 4. The standard InChI is InChI=1S/C15H21N3O2S/c1-21(19,20)12-9-5-8-11-14(12)18-15(17-11)13(16)10-6-3-2-4-7-10/h5,8-10,13H,2-4,6-7,16H2,1H3,(H,17,18). The SMILES string of the molecule is CS(=O)(=O)c1cccc2[nH]c(C(N)C3CCCCC3)nc12. The number of nitrogens with one attached hydrogen (secondary N) is 1. The quantitative estimate of drug-likeness (QED) is 0.912. The van der Waals surface area contributed by atoms with E-state index in [1.165, 1.54) is 25.5 Å². The van der Waals surface area contributed by atoms with Gasteiger partial charge in [-0.05, 0) is 30.9 Å². The van der Waals surface area contributed by atoms with Crippen molar-refractivity contribution in [3.8, 4) is 0 Å². The molecule has 0 amide bonds. The Kier molecular flexibility index (Phi) is 3.75. The van der Waals surface area contributed by atoms with Gasteiger partial charge in [0.2, 0.25) is 0 Å². The number of aromatic amines is 1. The van der Waals surface area contributed by atoms with Gasteiger partial charge in [0.1, 0.15) is 11.3 Å².